The zero-order chi connectivity index (χ0) is 13.1. The van der Waals surface area contributed by atoms with Gasteiger partial charge in [0.15, 0.2) is 9.84 Å². The van der Waals surface area contributed by atoms with Crippen molar-refractivity contribution in [2.75, 3.05) is 25.9 Å². The Kier molecular flexibility index (Phi) is 4.94. The molecule has 2 unspecified atom stereocenters. The molecule has 2 N–H and O–H groups in total. The Bertz CT molecular complexity index is 365. The van der Waals surface area contributed by atoms with Crippen LogP contribution in [0.2, 0.25) is 0 Å². The molecule has 1 saturated heterocycles. The number of hydrogen-bond donors (Lipinski definition) is 1. The number of likely N-dealkylation sites (tertiary alicyclic amines) is 1. The Hall–Kier alpha value is -0.620. The summed E-state index contributed by atoms with van der Waals surface area (Å²) in [6, 6.07) is 0. The van der Waals surface area contributed by atoms with Crippen LogP contribution in [0.4, 0.5) is 0 Å². The molecule has 0 aromatic carbocycles. The second kappa shape index (κ2) is 5.82. The van der Waals surface area contributed by atoms with Crippen LogP contribution in [0.15, 0.2) is 0 Å². The molecule has 2 atom stereocenters. The second-order valence-electron chi connectivity index (χ2n) is 4.84. The summed E-state index contributed by atoms with van der Waals surface area (Å²) in [4.78, 5) is 13.7. The van der Waals surface area contributed by atoms with Crippen molar-refractivity contribution in [3.05, 3.63) is 0 Å². The van der Waals surface area contributed by atoms with Gasteiger partial charge in [0.2, 0.25) is 5.91 Å². The number of nitrogens with zero attached hydrogens (tertiary/aromatic N) is 1. The van der Waals surface area contributed by atoms with Crippen LogP contribution >= 0.6 is 0 Å². The molecule has 1 fully saturated rings. The number of carbonyl (C=O) groups is 1. The summed E-state index contributed by atoms with van der Waals surface area (Å²) in [7, 11) is -3.30. The van der Waals surface area contributed by atoms with E-state index in [9.17, 15) is 13.2 Å². The minimum atomic E-state index is -3.30. The number of sulfone groups is 1. The lowest BCUT2D eigenvalue weighted by Crippen LogP contribution is -2.46. The maximum Gasteiger partial charge on any atom is 0.240 e. The second-order valence-corrected chi connectivity index (χ2v) is 7.21. The topological polar surface area (TPSA) is 80.5 Å². The average Bonchev–Trinajstić information content (AvgIpc) is 2.27. The highest BCUT2D eigenvalue weighted by molar-refractivity contribution is 7.92. The van der Waals surface area contributed by atoms with E-state index in [-0.39, 0.29) is 5.91 Å². The molecule has 1 heterocycles. The predicted molar refractivity (Wildman–Crippen MR) is 67.3 cm³/mol. The molecule has 100 valence electrons. The third kappa shape index (κ3) is 3.96. The maximum absolute atomic E-state index is 12.0. The summed E-state index contributed by atoms with van der Waals surface area (Å²) in [5, 5.41) is -0.931. The highest BCUT2D eigenvalue weighted by Gasteiger charge is 2.31. The highest BCUT2D eigenvalue weighted by Crippen LogP contribution is 2.20. The summed E-state index contributed by atoms with van der Waals surface area (Å²) in [5.41, 5.74) is 5.51. The van der Waals surface area contributed by atoms with Crippen molar-refractivity contribution in [3.8, 4) is 0 Å². The Balaban J connectivity index is 2.63. The minimum Gasteiger partial charge on any atom is -0.341 e. The number of piperidine rings is 1. The summed E-state index contributed by atoms with van der Waals surface area (Å²) < 4.78 is 22.7. The lowest BCUT2D eigenvalue weighted by atomic mass is 9.95. The van der Waals surface area contributed by atoms with Gasteiger partial charge in [-0.15, -0.1) is 0 Å². The van der Waals surface area contributed by atoms with Crippen LogP contribution in [-0.4, -0.2) is 50.4 Å². The third-order valence-electron chi connectivity index (χ3n) is 3.40. The van der Waals surface area contributed by atoms with Crippen LogP contribution < -0.4 is 5.73 Å². The fourth-order valence-electron chi connectivity index (χ4n) is 2.18. The Morgan fingerprint density at radius 2 is 2.18 bits per heavy atom. The fraction of sp³-hybridized carbons (Fsp3) is 0.909. The largest absolute Gasteiger partial charge is 0.341 e. The maximum atomic E-state index is 12.0. The van der Waals surface area contributed by atoms with Gasteiger partial charge < -0.3 is 10.6 Å². The summed E-state index contributed by atoms with van der Waals surface area (Å²) in [6.45, 7) is 3.40. The molecule has 0 spiro atoms. The van der Waals surface area contributed by atoms with Gasteiger partial charge in [-0.25, -0.2) is 8.42 Å². The van der Waals surface area contributed by atoms with E-state index in [1.807, 2.05) is 0 Å². The molecule has 0 aromatic rings. The molecule has 0 radical (unpaired) electrons. The number of amides is 1. The van der Waals surface area contributed by atoms with Crippen LogP contribution in [0.5, 0.6) is 0 Å². The van der Waals surface area contributed by atoms with Crippen molar-refractivity contribution in [3.63, 3.8) is 0 Å². The molecule has 0 aliphatic carbocycles. The summed E-state index contributed by atoms with van der Waals surface area (Å²) in [5.74, 6) is 0.152. The first kappa shape index (κ1) is 14.4. The average molecular weight is 262 g/mol. The van der Waals surface area contributed by atoms with E-state index in [2.05, 4.69) is 0 Å². The first-order chi connectivity index (χ1) is 7.86. The lowest BCUT2D eigenvalue weighted by molar-refractivity contribution is -0.132. The SMILES string of the molecule is CC(C(=O)N1CCCC(CCN)C1)S(C)(=O)=O. The van der Waals surface area contributed by atoms with E-state index < -0.39 is 15.1 Å². The smallest absolute Gasteiger partial charge is 0.240 e. The highest BCUT2D eigenvalue weighted by atomic mass is 32.2. The van der Waals surface area contributed by atoms with Crippen LogP contribution in [-0.2, 0) is 14.6 Å². The summed E-state index contributed by atoms with van der Waals surface area (Å²) in [6.07, 6.45) is 4.02. The van der Waals surface area contributed by atoms with Gasteiger partial charge in [-0.1, -0.05) is 0 Å². The number of hydrogen-bond acceptors (Lipinski definition) is 4. The molecule has 5 nitrogen and oxygen atoms in total. The van der Waals surface area contributed by atoms with Crippen molar-refractivity contribution in [2.45, 2.75) is 31.4 Å². The molecule has 0 bridgehead atoms. The quantitative estimate of drug-likeness (QED) is 0.773. The molecular weight excluding hydrogens is 240 g/mol. The molecule has 6 heteroatoms. The molecule has 1 aliphatic rings. The molecule has 1 aliphatic heterocycles. The third-order valence-corrected chi connectivity index (χ3v) is 4.88. The standard InChI is InChI=1S/C11H22N2O3S/c1-9(17(2,15)16)11(14)13-7-3-4-10(8-13)5-6-12/h9-10H,3-8,12H2,1-2H3. The van der Waals surface area contributed by atoms with E-state index in [4.69, 9.17) is 5.73 Å². The zero-order valence-corrected chi connectivity index (χ0v) is 11.4. The van der Waals surface area contributed by atoms with Gasteiger partial charge in [-0.2, -0.15) is 0 Å². The van der Waals surface area contributed by atoms with Gasteiger partial charge in [0.1, 0.15) is 5.25 Å². The molecule has 1 amide bonds. The zero-order valence-electron chi connectivity index (χ0n) is 10.6. The van der Waals surface area contributed by atoms with Crippen LogP contribution in [0.3, 0.4) is 0 Å². The van der Waals surface area contributed by atoms with Crippen LogP contribution in [0.1, 0.15) is 26.2 Å². The van der Waals surface area contributed by atoms with Crippen LogP contribution in [0, 0.1) is 5.92 Å². The molecule has 0 saturated carbocycles. The summed E-state index contributed by atoms with van der Waals surface area (Å²) >= 11 is 0. The predicted octanol–water partition coefficient (Wildman–Crippen LogP) is 0.00690. The van der Waals surface area contributed by atoms with E-state index >= 15 is 0 Å². The molecular formula is C11H22N2O3S. The van der Waals surface area contributed by atoms with E-state index in [0.29, 0.717) is 25.6 Å². The number of carbonyl (C=O) groups excluding carboxylic acids is 1. The van der Waals surface area contributed by atoms with E-state index in [0.717, 1.165) is 25.5 Å². The van der Waals surface area contributed by atoms with E-state index in [1.54, 1.807) is 4.90 Å². The van der Waals surface area contributed by atoms with Gasteiger partial charge >= 0.3 is 0 Å². The monoisotopic (exact) mass is 262 g/mol. The van der Waals surface area contributed by atoms with Gasteiger partial charge in [-0.3, -0.25) is 4.79 Å². The van der Waals surface area contributed by atoms with Crippen molar-refractivity contribution in [2.24, 2.45) is 11.7 Å². The Labute approximate surface area is 103 Å². The van der Waals surface area contributed by atoms with Crippen molar-refractivity contribution in [1.29, 1.82) is 0 Å². The van der Waals surface area contributed by atoms with Crippen LogP contribution in [0.25, 0.3) is 0 Å². The first-order valence-electron chi connectivity index (χ1n) is 6.04. The number of nitrogens with two attached hydrogens (primary N) is 1. The molecule has 0 aromatic heterocycles. The van der Waals surface area contributed by atoms with Crippen molar-refractivity contribution in [1.82, 2.24) is 4.90 Å². The van der Waals surface area contributed by atoms with Gasteiger partial charge in [-0.05, 0) is 38.6 Å². The Morgan fingerprint density at radius 1 is 1.53 bits per heavy atom. The van der Waals surface area contributed by atoms with Crippen molar-refractivity contribution >= 4 is 15.7 Å². The van der Waals surface area contributed by atoms with Gasteiger partial charge in [0.25, 0.3) is 0 Å². The van der Waals surface area contributed by atoms with Gasteiger partial charge in [0.05, 0.1) is 0 Å². The van der Waals surface area contributed by atoms with E-state index in [1.165, 1.54) is 6.92 Å². The lowest BCUT2D eigenvalue weighted by Gasteiger charge is -2.33. The Morgan fingerprint density at radius 3 is 2.71 bits per heavy atom. The fourth-order valence-corrected chi connectivity index (χ4v) is 2.69. The minimum absolute atomic E-state index is 0.269. The molecule has 1 rings (SSSR count). The molecule has 17 heavy (non-hydrogen) atoms. The van der Waals surface area contributed by atoms with Crippen molar-refractivity contribution < 1.29 is 13.2 Å². The normalized spacial score (nSPS) is 23.5. The number of rotatable bonds is 4. The van der Waals surface area contributed by atoms with Gasteiger partial charge in [0, 0.05) is 19.3 Å². The first-order valence-corrected chi connectivity index (χ1v) is 7.99.